The fraction of sp³-hybridized carbons (Fsp3) is 0.0625. The summed E-state index contributed by atoms with van der Waals surface area (Å²) in [5, 5.41) is 4.81. The molecule has 110 valence electrons. The van der Waals surface area contributed by atoms with Gasteiger partial charge in [-0.25, -0.2) is 0 Å². The maximum absolute atomic E-state index is 12.6. The fourth-order valence-electron chi connectivity index (χ4n) is 2.24. The van der Waals surface area contributed by atoms with Gasteiger partial charge in [0.15, 0.2) is 5.78 Å². The Morgan fingerprint density at radius 2 is 1.77 bits per heavy atom. The molecule has 0 unspecified atom stereocenters. The second kappa shape index (κ2) is 5.82. The summed E-state index contributed by atoms with van der Waals surface area (Å²) in [7, 11) is 0. The number of rotatable bonds is 3. The van der Waals surface area contributed by atoms with Crippen LogP contribution in [0.1, 0.15) is 20.8 Å². The zero-order chi connectivity index (χ0) is 15.7. The van der Waals surface area contributed by atoms with Crippen molar-refractivity contribution in [1.82, 2.24) is 9.78 Å². The van der Waals surface area contributed by atoms with E-state index in [2.05, 4.69) is 21.0 Å². The van der Waals surface area contributed by atoms with Gasteiger partial charge in [-0.15, -0.1) is 0 Å². The van der Waals surface area contributed by atoms with Crippen molar-refractivity contribution in [2.24, 2.45) is 5.73 Å². The van der Waals surface area contributed by atoms with Crippen LogP contribution in [0.4, 0.5) is 0 Å². The number of hydrogen-bond donors (Lipinski definition) is 1. The zero-order valence-corrected chi connectivity index (χ0v) is 13.1. The summed E-state index contributed by atoms with van der Waals surface area (Å²) in [6.45, 7) is -0.145. The Balaban J connectivity index is 2.16. The molecule has 0 saturated heterocycles. The number of halogens is 1. The van der Waals surface area contributed by atoms with Gasteiger partial charge in [0.25, 0.3) is 5.91 Å². The number of carbonyl (C=O) groups excluding carboxylic acids is 2. The van der Waals surface area contributed by atoms with E-state index in [1.807, 2.05) is 0 Å². The van der Waals surface area contributed by atoms with Crippen LogP contribution in [0, 0.1) is 0 Å². The molecule has 1 heterocycles. The molecular formula is C16H12BrN3O2. The highest BCUT2D eigenvalue weighted by molar-refractivity contribution is 9.10. The van der Waals surface area contributed by atoms with Crippen molar-refractivity contribution < 1.29 is 9.59 Å². The van der Waals surface area contributed by atoms with Gasteiger partial charge < -0.3 is 5.73 Å². The molecule has 0 aliphatic carbocycles. The van der Waals surface area contributed by atoms with Crippen LogP contribution in [-0.4, -0.2) is 28.0 Å². The van der Waals surface area contributed by atoms with E-state index in [1.54, 1.807) is 48.5 Å². The third-order valence-corrected chi connectivity index (χ3v) is 3.85. The van der Waals surface area contributed by atoms with Crippen molar-refractivity contribution >= 4 is 38.5 Å². The first-order valence-corrected chi connectivity index (χ1v) is 7.42. The Hall–Kier alpha value is -2.31. The van der Waals surface area contributed by atoms with Gasteiger partial charge in [0.05, 0.1) is 12.1 Å². The molecular weight excluding hydrogens is 346 g/mol. The van der Waals surface area contributed by atoms with E-state index in [4.69, 9.17) is 5.73 Å². The lowest BCUT2D eigenvalue weighted by Gasteiger charge is -2.02. The smallest absolute Gasteiger partial charge is 0.278 e. The Labute approximate surface area is 134 Å². The molecule has 0 aliphatic rings. The quantitative estimate of drug-likeness (QED) is 0.730. The number of ketones is 1. The summed E-state index contributed by atoms with van der Waals surface area (Å²) >= 11 is 3.33. The summed E-state index contributed by atoms with van der Waals surface area (Å²) in [6.07, 6.45) is 0. The second-order valence-corrected chi connectivity index (χ2v) is 5.63. The highest BCUT2D eigenvalue weighted by Gasteiger charge is 2.20. The third kappa shape index (κ3) is 2.47. The average Bonchev–Trinajstić information content (AvgIpc) is 2.94. The SMILES string of the molecule is NCC(=O)c1nn(C(=O)c2ccc(Br)cc2)c2ccccc12. The van der Waals surface area contributed by atoms with Gasteiger partial charge in [-0.05, 0) is 30.3 Å². The van der Waals surface area contributed by atoms with Gasteiger partial charge in [0, 0.05) is 15.4 Å². The molecule has 5 nitrogen and oxygen atoms in total. The molecule has 1 aromatic heterocycles. The Kier molecular flexibility index (Phi) is 3.87. The molecule has 2 aromatic carbocycles. The maximum Gasteiger partial charge on any atom is 0.278 e. The molecule has 2 N–H and O–H groups in total. The molecule has 0 radical (unpaired) electrons. The number of Topliss-reactive ketones (excluding diaryl/α,β-unsaturated/α-hetero) is 1. The van der Waals surface area contributed by atoms with Gasteiger partial charge in [0.1, 0.15) is 5.69 Å². The molecule has 0 atom stereocenters. The average molecular weight is 358 g/mol. The number of carbonyl (C=O) groups is 2. The molecule has 3 aromatic rings. The van der Waals surface area contributed by atoms with Crippen molar-refractivity contribution in [3.8, 4) is 0 Å². The van der Waals surface area contributed by atoms with E-state index in [0.717, 1.165) is 4.47 Å². The van der Waals surface area contributed by atoms with Crippen molar-refractivity contribution in [3.63, 3.8) is 0 Å². The van der Waals surface area contributed by atoms with Crippen LogP contribution in [0.5, 0.6) is 0 Å². The number of nitrogens with two attached hydrogens (primary N) is 1. The molecule has 0 spiro atoms. The topological polar surface area (TPSA) is 78.0 Å². The van der Waals surface area contributed by atoms with Crippen molar-refractivity contribution in [1.29, 1.82) is 0 Å². The molecule has 6 heteroatoms. The predicted molar refractivity (Wildman–Crippen MR) is 87.0 cm³/mol. The number of benzene rings is 2. The van der Waals surface area contributed by atoms with Crippen molar-refractivity contribution in [2.75, 3.05) is 6.54 Å². The fourth-order valence-corrected chi connectivity index (χ4v) is 2.50. The normalized spacial score (nSPS) is 10.8. The maximum atomic E-state index is 12.6. The highest BCUT2D eigenvalue weighted by atomic mass is 79.9. The summed E-state index contributed by atoms with van der Waals surface area (Å²) in [5.41, 5.74) is 6.72. The molecule has 22 heavy (non-hydrogen) atoms. The van der Waals surface area contributed by atoms with Gasteiger partial charge in [0.2, 0.25) is 0 Å². The molecule has 3 rings (SSSR count). The van der Waals surface area contributed by atoms with E-state index < -0.39 is 0 Å². The monoisotopic (exact) mass is 357 g/mol. The minimum absolute atomic E-state index is 0.145. The predicted octanol–water partition coefficient (Wildman–Crippen LogP) is 2.63. The first-order valence-electron chi connectivity index (χ1n) is 6.63. The first-order chi connectivity index (χ1) is 10.6. The molecule has 0 saturated carbocycles. The Morgan fingerprint density at radius 1 is 1.09 bits per heavy atom. The van der Waals surface area contributed by atoms with Crippen molar-refractivity contribution in [2.45, 2.75) is 0 Å². The van der Waals surface area contributed by atoms with E-state index in [0.29, 0.717) is 16.5 Å². The number of aromatic nitrogens is 2. The highest BCUT2D eigenvalue weighted by Crippen LogP contribution is 2.20. The van der Waals surface area contributed by atoms with Crippen LogP contribution in [-0.2, 0) is 0 Å². The minimum Gasteiger partial charge on any atom is -0.324 e. The lowest BCUT2D eigenvalue weighted by molar-refractivity contribution is 0.0948. The standard InChI is InChI=1S/C16H12BrN3O2/c17-11-7-5-10(6-8-11)16(22)20-13-4-2-1-3-12(13)15(19-20)14(21)9-18/h1-8H,9,18H2. The van der Waals surface area contributed by atoms with Gasteiger partial charge in [-0.2, -0.15) is 9.78 Å². The summed E-state index contributed by atoms with van der Waals surface area (Å²) in [6, 6.07) is 14.1. The first kappa shape index (κ1) is 14.6. The zero-order valence-electron chi connectivity index (χ0n) is 11.5. The third-order valence-electron chi connectivity index (χ3n) is 3.32. The lowest BCUT2D eigenvalue weighted by Crippen LogP contribution is -2.17. The molecule has 0 bridgehead atoms. The largest absolute Gasteiger partial charge is 0.324 e. The Morgan fingerprint density at radius 3 is 2.45 bits per heavy atom. The van der Waals surface area contributed by atoms with Crippen LogP contribution in [0.2, 0.25) is 0 Å². The Bertz CT molecular complexity index is 869. The lowest BCUT2D eigenvalue weighted by atomic mass is 10.1. The van der Waals surface area contributed by atoms with E-state index in [-0.39, 0.29) is 23.9 Å². The molecule has 0 amide bonds. The summed E-state index contributed by atoms with van der Waals surface area (Å²) in [4.78, 5) is 24.6. The molecule has 0 fully saturated rings. The van der Waals surface area contributed by atoms with Gasteiger partial charge >= 0.3 is 0 Å². The number of fused-ring (bicyclic) bond motifs is 1. The number of nitrogens with zero attached hydrogens (tertiary/aromatic N) is 2. The van der Waals surface area contributed by atoms with Crippen LogP contribution < -0.4 is 5.73 Å². The second-order valence-electron chi connectivity index (χ2n) is 4.72. The minimum atomic E-state index is -0.293. The van der Waals surface area contributed by atoms with E-state index in [9.17, 15) is 9.59 Å². The van der Waals surface area contributed by atoms with Crippen molar-refractivity contribution in [3.05, 3.63) is 64.3 Å². The van der Waals surface area contributed by atoms with Gasteiger partial charge in [-0.3, -0.25) is 9.59 Å². The summed E-state index contributed by atoms with van der Waals surface area (Å²) in [5.74, 6) is -0.585. The molecule has 0 aliphatic heterocycles. The van der Waals surface area contributed by atoms with E-state index >= 15 is 0 Å². The number of hydrogen-bond acceptors (Lipinski definition) is 4. The van der Waals surface area contributed by atoms with Gasteiger partial charge in [-0.1, -0.05) is 34.1 Å². The number of para-hydroxylation sites is 1. The van der Waals surface area contributed by atoms with Crippen LogP contribution in [0.3, 0.4) is 0 Å². The van der Waals surface area contributed by atoms with Crippen LogP contribution in [0.15, 0.2) is 53.0 Å². The van der Waals surface area contributed by atoms with E-state index in [1.165, 1.54) is 4.68 Å². The summed E-state index contributed by atoms with van der Waals surface area (Å²) < 4.78 is 2.13. The van der Waals surface area contributed by atoms with Crippen LogP contribution >= 0.6 is 15.9 Å². The van der Waals surface area contributed by atoms with Crippen LogP contribution in [0.25, 0.3) is 10.9 Å².